The summed E-state index contributed by atoms with van der Waals surface area (Å²) in [6, 6.07) is 6.30. The number of nitrogens with one attached hydrogen (secondary N) is 1. The second kappa shape index (κ2) is 4.04. The van der Waals surface area contributed by atoms with Crippen LogP contribution in [0, 0.1) is 6.92 Å². The number of aryl methyl sites for hydroxylation is 1. The molecule has 1 saturated heterocycles. The van der Waals surface area contributed by atoms with Crippen molar-refractivity contribution in [2.24, 2.45) is 0 Å². The minimum absolute atomic E-state index is 0.00111. The summed E-state index contributed by atoms with van der Waals surface area (Å²) >= 11 is 0. The van der Waals surface area contributed by atoms with Gasteiger partial charge in [-0.15, -0.1) is 0 Å². The fourth-order valence-corrected chi connectivity index (χ4v) is 2.60. The zero-order valence-corrected chi connectivity index (χ0v) is 9.90. The number of imidazole rings is 1. The number of aromatic nitrogens is 2. The van der Waals surface area contributed by atoms with Crippen LogP contribution in [0.1, 0.15) is 24.4 Å². The molecule has 2 heterocycles. The predicted octanol–water partition coefficient (Wildman–Crippen LogP) is 1.99. The Hall–Kier alpha value is -1.55. The molecular formula is C13H16N2O2. The molecular weight excluding hydrogens is 216 g/mol. The lowest BCUT2D eigenvalue weighted by Crippen LogP contribution is -2.27. The van der Waals surface area contributed by atoms with Gasteiger partial charge in [-0.25, -0.2) is 4.79 Å². The van der Waals surface area contributed by atoms with Crippen molar-refractivity contribution in [1.82, 2.24) is 9.55 Å². The van der Waals surface area contributed by atoms with Crippen molar-refractivity contribution in [1.29, 1.82) is 0 Å². The van der Waals surface area contributed by atoms with Crippen LogP contribution in [0.15, 0.2) is 23.0 Å². The molecule has 0 unspecified atom stereocenters. The van der Waals surface area contributed by atoms with Crippen LogP contribution < -0.4 is 5.69 Å². The van der Waals surface area contributed by atoms with E-state index in [0.717, 1.165) is 42.7 Å². The Morgan fingerprint density at radius 3 is 2.88 bits per heavy atom. The zero-order chi connectivity index (χ0) is 11.8. The summed E-state index contributed by atoms with van der Waals surface area (Å²) in [5, 5.41) is 0. The Morgan fingerprint density at radius 1 is 1.35 bits per heavy atom. The van der Waals surface area contributed by atoms with Gasteiger partial charge in [0, 0.05) is 19.3 Å². The summed E-state index contributed by atoms with van der Waals surface area (Å²) < 4.78 is 7.24. The molecule has 1 aromatic heterocycles. The molecule has 0 saturated carbocycles. The van der Waals surface area contributed by atoms with E-state index in [9.17, 15) is 4.79 Å². The Labute approximate surface area is 99.2 Å². The molecule has 17 heavy (non-hydrogen) atoms. The van der Waals surface area contributed by atoms with Gasteiger partial charge in [0.1, 0.15) is 0 Å². The van der Waals surface area contributed by atoms with Gasteiger partial charge in [-0.05, 0) is 31.4 Å². The third-order valence-corrected chi connectivity index (χ3v) is 3.52. The molecule has 1 N–H and O–H groups in total. The topological polar surface area (TPSA) is 47.0 Å². The van der Waals surface area contributed by atoms with Crippen molar-refractivity contribution >= 4 is 11.0 Å². The SMILES string of the molecule is Cc1cccc2c1[nH]c(=O)n2C1CCOCC1. The molecule has 1 aliphatic heterocycles. The fraction of sp³-hybridized carbons (Fsp3) is 0.462. The van der Waals surface area contributed by atoms with Crippen LogP contribution in [0.4, 0.5) is 0 Å². The monoisotopic (exact) mass is 232 g/mol. The van der Waals surface area contributed by atoms with E-state index in [-0.39, 0.29) is 11.7 Å². The van der Waals surface area contributed by atoms with Gasteiger partial charge in [0.15, 0.2) is 0 Å². The van der Waals surface area contributed by atoms with Gasteiger partial charge in [-0.1, -0.05) is 12.1 Å². The highest BCUT2D eigenvalue weighted by Crippen LogP contribution is 2.24. The van der Waals surface area contributed by atoms with Crippen molar-refractivity contribution < 1.29 is 4.74 Å². The highest BCUT2D eigenvalue weighted by molar-refractivity contribution is 5.78. The average molecular weight is 232 g/mol. The summed E-state index contributed by atoms with van der Waals surface area (Å²) in [7, 11) is 0. The predicted molar refractivity (Wildman–Crippen MR) is 66.4 cm³/mol. The molecule has 0 aliphatic carbocycles. The number of fused-ring (bicyclic) bond motifs is 1. The molecule has 0 bridgehead atoms. The van der Waals surface area contributed by atoms with E-state index in [1.54, 1.807) is 0 Å². The van der Waals surface area contributed by atoms with Gasteiger partial charge < -0.3 is 9.72 Å². The Morgan fingerprint density at radius 2 is 2.12 bits per heavy atom. The summed E-state index contributed by atoms with van der Waals surface area (Å²) in [5.74, 6) is 0. The standard InChI is InChI=1S/C13H16N2O2/c1-9-3-2-4-11-12(9)14-13(16)15(11)10-5-7-17-8-6-10/h2-4,10H,5-8H2,1H3,(H,14,16). The highest BCUT2D eigenvalue weighted by Gasteiger charge is 2.20. The van der Waals surface area contributed by atoms with Crippen LogP contribution in [0.25, 0.3) is 11.0 Å². The maximum Gasteiger partial charge on any atom is 0.326 e. The number of H-pyrrole nitrogens is 1. The second-order valence-electron chi connectivity index (χ2n) is 4.61. The van der Waals surface area contributed by atoms with Gasteiger partial charge in [-0.2, -0.15) is 0 Å². The molecule has 1 aliphatic rings. The van der Waals surface area contributed by atoms with Crippen molar-refractivity contribution in [3.63, 3.8) is 0 Å². The first-order chi connectivity index (χ1) is 8.27. The van der Waals surface area contributed by atoms with Gasteiger partial charge in [0.2, 0.25) is 0 Å². The summed E-state index contributed by atoms with van der Waals surface area (Å²) in [5.41, 5.74) is 3.09. The number of para-hydroxylation sites is 1. The lowest BCUT2D eigenvalue weighted by molar-refractivity contribution is 0.0698. The third-order valence-electron chi connectivity index (χ3n) is 3.52. The Kier molecular flexibility index (Phi) is 2.52. The molecule has 1 fully saturated rings. The number of ether oxygens (including phenoxy) is 1. The van der Waals surface area contributed by atoms with Crippen LogP contribution in [0.3, 0.4) is 0 Å². The maximum absolute atomic E-state index is 12.1. The summed E-state index contributed by atoms with van der Waals surface area (Å²) in [6.07, 6.45) is 1.83. The number of nitrogens with zero attached hydrogens (tertiary/aromatic N) is 1. The van der Waals surface area contributed by atoms with Crippen molar-refractivity contribution in [3.8, 4) is 0 Å². The molecule has 0 atom stereocenters. The first kappa shape index (κ1) is 10.6. The molecule has 2 aromatic rings. The van der Waals surface area contributed by atoms with Crippen molar-refractivity contribution in [2.75, 3.05) is 13.2 Å². The van der Waals surface area contributed by atoms with E-state index in [1.165, 1.54) is 0 Å². The highest BCUT2D eigenvalue weighted by atomic mass is 16.5. The second-order valence-corrected chi connectivity index (χ2v) is 4.61. The van der Waals surface area contributed by atoms with E-state index < -0.39 is 0 Å². The number of hydrogen-bond acceptors (Lipinski definition) is 2. The van der Waals surface area contributed by atoms with E-state index in [4.69, 9.17) is 4.74 Å². The summed E-state index contributed by atoms with van der Waals surface area (Å²) in [6.45, 7) is 3.51. The minimum Gasteiger partial charge on any atom is -0.381 e. The van der Waals surface area contributed by atoms with E-state index in [1.807, 2.05) is 29.7 Å². The molecule has 4 nitrogen and oxygen atoms in total. The molecule has 0 amide bonds. The first-order valence-corrected chi connectivity index (χ1v) is 6.05. The van der Waals surface area contributed by atoms with Gasteiger partial charge in [0.05, 0.1) is 11.0 Å². The minimum atomic E-state index is 0.00111. The molecule has 4 heteroatoms. The lowest BCUT2D eigenvalue weighted by Gasteiger charge is -2.23. The fourth-order valence-electron chi connectivity index (χ4n) is 2.60. The van der Waals surface area contributed by atoms with Gasteiger partial charge >= 0.3 is 5.69 Å². The van der Waals surface area contributed by atoms with Crippen molar-refractivity contribution in [3.05, 3.63) is 34.2 Å². The normalized spacial score (nSPS) is 17.7. The number of rotatable bonds is 1. The van der Waals surface area contributed by atoms with Crippen LogP contribution in [-0.4, -0.2) is 22.8 Å². The number of hydrogen-bond donors (Lipinski definition) is 1. The van der Waals surface area contributed by atoms with E-state index >= 15 is 0 Å². The van der Waals surface area contributed by atoms with Crippen LogP contribution >= 0.6 is 0 Å². The van der Waals surface area contributed by atoms with Crippen LogP contribution in [-0.2, 0) is 4.74 Å². The third kappa shape index (κ3) is 1.69. The first-order valence-electron chi connectivity index (χ1n) is 6.05. The largest absolute Gasteiger partial charge is 0.381 e. The number of aromatic amines is 1. The zero-order valence-electron chi connectivity index (χ0n) is 9.90. The number of benzene rings is 1. The van der Waals surface area contributed by atoms with Crippen LogP contribution in [0.2, 0.25) is 0 Å². The maximum atomic E-state index is 12.1. The van der Waals surface area contributed by atoms with Gasteiger partial charge in [0.25, 0.3) is 0 Å². The lowest BCUT2D eigenvalue weighted by atomic mass is 10.1. The molecule has 3 rings (SSSR count). The van der Waals surface area contributed by atoms with E-state index in [2.05, 4.69) is 4.98 Å². The smallest absolute Gasteiger partial charge is 0.326 e. The molecule has 1 aromatic carbocycles. The average Bonchev–Trinajstić information content (AvgIpc) is 2.68. The van der Waals surface area contributed by atoms with Gasteiger partial charge in [-0.3, -0.25) is 4.57 Å². The Balaban J connectivity index is 2.18. The Bertz CT molecular complexity index is 591. The summed E-state index contributed by atoms with van der Waals surface area (Å²) in [4.78, 5) is 15.0. The molecule has 0 radical (unpaired) electrons. The van der Waals surface area contributed by atoms with Crippen molar-refractivity contribution in [2.45, 2.75) is 25.8 Å². The quantitative estimate of drug-likeness (QED) is 0.817. The van der Waals surface area contributed by atoms with E-state index in [0.29, 0.717) is 0 Å². The molecule has 90 valence electrons. The molecule has 0 spiro atoms. The van der Waals surface area contributed by atoms with Crippen LogP contribution in [0.5, 0.6) is 0 Å².